The van der Waals surface area contributed by atoms with Crippen molar-refractivity contribution in [2.75, 3.05) is 27.3 Å². The molecule has 1 aromatic rings. The Morgan fingerprint density at radius 3 is 2.60 bits per heavy atom. The third-order valence-corrected chi connectivity index (χ3v) is 4.12. The summed E-state index contributed by atoms with van der Waals surface area (Å²) in [6.07, 6.45) is 0.663. The molecule has 1 heterocycles. The molecule has 1 N–H and O–H groups in total. The second-order valence-electron chi connectivity index (χ2n) is 5.77. The van der Waals surface area contributed by atoms with E-state index in [0.29, 0.717) is 24.3 Å². The van der Waals surface area contributed by atoms with Crippen molar-refractivity contribution in [3.05, 3.63) is 23.8 Å². The Morgan fingerprint density at radius 1 is 1.30 bits per heavy atom. The fourth-order valence-corrected chi connectivity index (χ4v) is 3.05. The summed E-state index contributed by atoms with van der Waals surface area (Å²) in [4.78, 5) is 2.35. The summed E-state index contributed by atoms with van der Waals surface area (Å²) in [6.45, 7) is 6.18. The molecule has 1 aromatic carbocycles. The lowest BCUT2D eigenvalue weighted by molar-refractivity contribution is 0.106. The van der Waals surface area contributed by atoms with E-state index in [1.165, 1.54) is 6.42 Å². The fourth-order valence-electron chi connectivity index (χ4n) is 3.05. The van der Waals surface area contributed by atoms with Crippen LogP contribution < -0.4 is 9.47 Å². The van der Waals surface area contributed by atoms with Gasteiger partial charge in [-0.2, -0.15) is 0 Å². The minimum Gasteiger partial charge on any atom is -0.497 e. The van der Waals surface area contributed by atoms with Gasteiger partial charge < -0.3 is 14.6 Å². The molecular weight excluding hydrogens is 254 g/mol. The average Bonchev–Trinajstić information content (AvgIpc) is 2.75. The second kappa shape index (κ2) is 6.46. The predicted octanol–water partition coefficient (Wildman–Crippen LogP) is 2.47. The third-order valence-electron chi connectivity index (χ3n) is 4.12. The lowest BCUT2D eigenvalue weighted by Gasteiger charge is -2.25. The number of hydrogen-bond acceptors (Lipinski definition) is 4. The zero-order chi connectivity index (χ0) is 14.7. The Morgan fingerprint density at radius 2 is 2.05 bits per heavy atom. The van der Waals surface area contributed by atoms with E-state index in [-0.39, 0.29) is 0 Å². The summed E-state index contributed by atoms with van der Waals surface area (Å²) in [6, 6.07) is 6.09. The van der Waals surface area contributed by atoms with Crippen molar-refractivity contribution in [2.45, 2.75) is 32.4 Å². The molecule has 3 unspecified atom stereocenters. The first-order chi connectivity index (χ1) is 9.55. The van der Waals surface area contributed by atoms with E-state index in [1.54, 1.807) is 14.2 Å². The lowest BCUT2D eigenvalue weighted by Crippen LogP contribution is -2.31. The summed E-state index contributed by atoms with van der Waals surface area (Å²) in [5.41, 5.74) is 0.819. The van der Waals surface area contributed by atoms with Gasteiger partial charge in [-0.25, -0.2) is 0 Å². The van der Waals surface area contributed by atoms with Crippen LogP contribution in [0.4, 0.5) is 0 Å². The maximum Gasteiger partial charge on any atom is 0.128 e. The largest absolute Gasteiger partial charge is 0.497 e. The summed E-state index contributed by atoms with van der Waals surface area (Å²) >= 11 is 0. The van der Waals surface area contributed by atoms with Crippen molar-refractivity contribution in [1.29, 1.82) is 0 Å². The Labute approximate surface area is 121 Å². The fraction of sp³-hybridized carbons (Fsp3) is 0.625. The molecule has 0 aliphatic carbocycles. The van der Waals surface area contributed by atoms with Crippen LogP contribution in [-0.4, -0.2) is 43.4 Å². The van der Waals surface area contributed by atoms with Gasteiger partial charge in [0.2, 0.25) is 0 Å². The van der Waals surface area contributed by atoms with Gasteiger partial charge in [0.15, 0.2) is 0 Å². The number of β-amino-alcohol motifs (C(OH)–C–C–N with tert-alkyl or cyclic N) is 1. The number of ether oxygens (including phenoxy) is 2. The smallest absolute Gasteiger partial charge is 0.128 e. The minimum absolute atomic E-state index is 0.531. The number of nitrogens with zero attached hydrogens (tertiary/aromatic N) is 1. The van der Waals surface area contributed by atoms with Crippen molar-refractivity contribution >= 4 is 0 Å². The van der Waals surface area contributed by atoms with Gasteiger partial charge in [0.05, 0.1) is 20.3 Å². The van der Waals surface area contributed by atoms with E-state index >= 15 is 0 Å². The highest BCUT2D eigenvalue weighted by atomic mass is 16.5. The van der Waals surface area contributed by atoms with Gasteiger partial charge in [-0.15, -0.1) is 0 Å². The van der Waals surface area contributed by atoms with Gasteiger partial charge in [0.25, 0.3) is 0 Å². The highest BCUT2D eigenvalue weighted by molar-refractivity contribution is 5.42. The zero-order valence-corrected chi connectivity index (χ0v) is 12.8. The molecule has 1 aliphatic rings. The van der Waals surface area contributed by atoms with Crippen LogP contribution in [0.15, 0.2) is 18.2 Å². The highest BCUT2D eigenvalue weighted by Gasteiger charge is 2.28. The normalized spacial score (nSPS) is 24.6. The summed E-state index contributed by atoms with van der Waals surface area (Å²) < 4.78 is 10.5. The van der Waals surface area contributed by atoms with Gasteiger partial charge in [-0.1, -0.05) is 6.92 Å². The first-order valence-electron chi connectivity index (χ1n) is 7.19. The Bertz CT molecular complexity index is 449. The molecule has 0 amide bonds. The van der Waals surface area contributed by atoms with Gasteiger partial charge in [-0.05, 0) is 31.4 Å². The average molecular weight is 279 g/mol. The second-order valence-corrected chi connectivity index (χ2v) is 5.77. The minimum atomic E-state index is -0.538. The maximum atomic E-state index is 10.5. The van der Waals surface area contributed by atoms with Gasteiger partial charge in [0, 0.05) is 30.8 Å². The van der Waals surface area contributed by atoms with Gasteiger partial charge >= 0.3 is 0 Å². The van der Waals surface area contributed by atoms with E-state index in [0.717, 1.165) is 17.9 Å². The molecule has 1 saturated heterocycles. The van der Waals surface area contributed by atoms with Crippen molar-refractivity contribution in [2.24, 2.45) is 5.92 Å². The zero-order valence-electron chi connectivity index (χ0n) is 12.8. The van der Waals surface area contributed by atoms with E-state index in [2.05, 4.69) is 18.7 Å². The van der Waals surface area contributed by atoms with Crippen molar-refractivity contribution in [3.63, 3.8) is 0 Å². The van der Waals surface area contributed by atoms with E-state index < -0.39 is 6.10 Å². The first kappa shape index (κ1) is 15.1. The number of likely N-dealkylation sites (tertiary alicyclic amines) is 1. The van der Waals surface area contributed by atoms with Crippen molar-refractivity contribution in [3.8, 4) is 11.5 Å². The molecule has 0 spiro atoms. The van der Waals surface area contributed by atoms with Crippen LogP contribution in [-0.2, 0) is 0 Å². The topological polar surface area (TPSA) is 41.9 Å². The third kappa shape index (κ3) is 3.25. The van der Waals surface area contributed by atoms with E-state index in [1.807, 2.05) is 18.2 Å². The summed E-state index contributed by atoms with van der Waals surface area (Å²) in [5, 5.41) is 10.5. The molecule has 0 saturated carbocycles. The SMILES string of the molecule is COc1ccc(C(O)CN2CC(C)CC2C)c(OC)c1. The predicted molar refractivity (Wildman–Crippen MR) is 79.3 cm³/mol. The standard InChI is InChI=1S/C16H25NO3/c1-11-7-12(2)17(9-11)10-15(18)14-6-5-13(19-3)8-16(14)20-4/h5-6,8,11-12,15,18H,7,9-10H2,1-4H3. The monoisotopic (exact) mass is 279 g/mol. The number of benzene rings is 1. The Hall–Kier alpha value is -1.26. The molecule has 20 heavy (non-hydrogen) atoms. The van der Waals surface area contributed by atoms with Crippen LogP contribution in [0.5, 0.6) is 11.5 Å². The van der Waals surface area contributed by atoms with Crippen LogP contribution in [0.1, 0.15) is 31.9 Å². The van der Waals surface area contributed by atoms with Crippen LogP contribution in [0, 0.1) is 5.92 Å². The number of hydrogen-bond donors (Lipinski definition) is 1. The number of aliphatic hydroxyl groups excluding tert-OH is 1. The van der Waals surface area contributed by atoms with E-state index in [4.69, 9.17) is 9.47 Å². The number of rotatable bonds is 5. The van der Waals surface area contributed by atoms with Crippen LogP contribution >= 0.6 is 0 Å². The van der Waals surface area contributed by atoms with Crippen molar-refractivity contribution < 1.29 is 14.6 Å². The molecule has 3 atom stereocenters. The van der Waals surface area contributed by atoms with E-state index in [9.17, 15) is 5.11 Å². The molecular formula is C16H25NO3. The molecule has 4 heteroatoms. The molecule has 0 bridgehead atoms. The molecule has 112 valence electrons. The molecule has 1 fully saturated rings. The molecule has 4 nitrogen and oxygen atoms in total. The van der Waals surface area contributed by atoms with Crippen LogP contribution in [0.3, 0.4) is 0 Å². The maximum absolute atomic E-state index is 10.5. The highest BCUT2D eigenvalue weighted by Crippen LogP contribution is 2.31. The Kier molecular flexibility index (Phi) is 4.89. The molecule has 0 aromatic heterocycles. The van der Waals surface area contributed by atoms with Gasteiger partial charge in [0.1, 0.15) is 11.5 Å². The molecule has 2 rings (SSSR count). The first-order valence-corrected chi connectivity index (χ1v) is 7.19. The quantitative estimate of drug-likeness (QED) is 0.899. The van der Waals surface area contributed by atoms with Crippen LogP contribution in [0.25, 0.3) is 0 Å². The van der Waals surface area contributed by atoms with Crippen molar-refractivity contribution in [1.82, 2.24) is 4.90 Å². The number of aliphatic hydroxyl groups is 1. The van der Waals surface area contributed by atoms with Gasteiger partial charge in [-0.3, -0.25) is 4.90 Å². The summed E-state index contributed by atoms with van der Waals surface area (Å²) in [5.74, 6) is 2.12. The Balaban J connectivity index is 2.10. The molecule has 1 aliphatic heterocycles. The molecule has 0 radical (unpaired) electrons. The lowest BCUT2D eigenvalue weighted by atomic mass is 10.1. The summed E-state index contributed by atoms with van der Waals surface area (Å²) in [7, 11) is 3.24. The number of methoxy groups -OCH3 is 2. The van der Waals surface area contributed by atoms with Crippen LogP contribution in [0.2, 0.25) is 0 Å².